The summed E-state index contributed by atoms with van der Waals surface area (Å²) in [7, 11) is 0. The Kier molecular flexibility index (Phi) is 5.49. The number of nitro groups is 1. The Balaban J connectivity index is 2.20. The van der Waals surface area contributed by atoms with Crippen molar-refractivity contribution in [2.24, 2.45) is 0 Å². The Hall–Kier alpha value is -3.22. The van der Waals surface area contributed by atoms with E-state index in [2.05, 4.69) is 10.6 Å². The molecule has 2 amide bonds. The van der Waals surface area contributed by atoms with Crippen LogP contribution >= 0.6 is 0 Å². The quantitative estimate of drug-likeness (QED) is 0.504. The van der Waals surface area contributed by atoms with Crippen molar-refractivity contribution in [2.75, 3.05) is 10.6 Å². The summed E-state index contributed by atoms with van der Waals surface area (Å²) >= 11 is 0. The van der Waals surface area contributed by atoms with Crippen molar-refractivity contribution in [3.8, 4) is 0 Å². The molecular weight excluding hydrogens is 322 g/mol. The van der Waals surface area contributed by atoms with E-state index >= 15 is 0 Å². The highest BCUT2D eigenvalue weighted by molar-refractivity contribution is 6.44. The van der Waals surface area contributed by atoms with Gasteiger partial charge in [-0.3, -0.25) is 19.7 Å². The van der Waals surface area contributed by atoms with Crippen LogP contribution in [-0.2, 0) is 9.59 Å². The van der Waals surface area contributed by atoms with E-state index in [0.29, 0.717) is 5.69 Å². The lowest BCUT2D eigenvalue weighted by Gasteiger charge is -2.16. The lowest BCUT2D eigenvalue weighted by Crippen LogP contribution is -2.30. The molecule has 0 spiro atoms. The van der Waals surface area contributed by atoms with Crippen molar-refractivity contribution in [2.45, 2.75) is 26.7 Å². The van der Waals surface area contributed by atoms with Crippen LogP contribution in [0.5, 0.6) is 0 Å². The van der Waals surface area contributed by atoms with Gasteiger partial charge < -0.3 is 10.6 Å². The molecule has 0 aliphatic rings. The largest absolute Gasteiger partial charge is 0.317 e. The Morgan fingerprint density at radius 3 is 2.28 bits per heavy atom. The highest BCUT2D eigenvalue weighted by Gasteiger charge is 2.21. The van der Waals surface area contributed by atoms with E-state index in [1.54, 1.807) is 6.07 Å². The molecule has 0 fully saturated rings. The minimum atomic E-state index is -0.966. The van der Waals surface area contributed by atoms with Gasteiger partial charge in [0.05, 0.1) is 4.92 Å². The molecule has 0 aromatic heterocycles. The van der Waals surface area contributed by atoms with Crippen molar-refractivity contribution in [3.63, 3.8) is 0 Å². The predicted molar refractivity (Wildman–Crippen MR) is 95.6 cm³/mol. The van der Waals surface area contributed by atoms with Crippen LogP contribution < -0.4 is 10.6 Å². The van der Waals surface area contributed by atoms with Crippen LogP contribution in [0, 0.1) is 17.0 Å². The molecule has 2 aromatic carbocycles. The van der Waals surface area contributed by atoms with Crippen molar-refractivity contribution in [1.82, 2.24) is 0 Å². The molecule has 0 atom stereocenters. The number of carbonyl (C=O) groups excluding carboxylic acids is 2. The smallest absolute Gasteiger partial charge is 0.314 e. The second kappa shape index (κ2) is 7.57. The number of para-hydroxylation sites is 3. The summed E-state index contributed by atoms with van der Waals surface area (Å²) in [6.07, 6.45) is 0. The number of carbonyl (C=O) groups is 2. The van der Waals surface area contributed by atoms with Gasteiger partial charge in [-0.05, 0) is 30.0 Å². The fraction of sp³-hybridized carbons (Fsp3) is 0.222. The Bertz CT molecular complexity index is 831. The van der Waals surface area contributed by atoms with E-state index in [9.17, 15) is 19.7 Å². The number of benzene rings is 2. The molecule has 2 aromatic rings. The van der Waals surface area contributed by atoms with Crippen molar-refractivity contribution >= 4 is 28.9 Å². The fourth-order valence-corrected chi connectivity index (χ4v) is 2.43. The summed E-state index contributed by atoms with van der Waals surface area (Å²) in [5, 5.41) is 15.9. The van der Waals surface area contributed by atoms with Crippen LogP contribution in [0.3, 0.4) is 0 Å². The highest BCUT2D eigenvalue weighted by Crippen LogP contribution is 2.27. The van der Waals surface area contributed by atoms with Gasteiger partial charge in [-0.25, -0.2) is 0 Å². The summed E-state index contributed by atoms with van der Waals surface area (Å²) in [5.74, 6) is -1.69. The normalized spacial score (nSPS) is 10.4. The standard InChI is InChI=1S/C18H19N3O4/c1-11(2)13-8-6-7-12(3)16(13)20-18(23)17(22)19-14-9-4-5-10-15(14)21(24)25/h4-11H,1-3H3,(H,19,22)(H,20,23). The highest BCUT2D eigenvalue weighted by atomic mass is 16.6. The average Bonchev–Trinajstić information content (AvgIpc) is 2.56. The van der Waals surface area contributed by atoms with E-state index in [0.717, 1.165) is 11.1 Å². The molecule has 0 saturated carbocycles. The Morgan fingerprint density at radius 2 is 1.64 bits per heavy atom. The first kappa shape index (κ1) is 18.1. The molecule has 0 saturated heterocycles. The molecule has 7 heteroatoms. The Labute approximate surface area is 145 Å². The second-order valence-corrected chi connectivity index (χ2v) is 5.88. The number of amides is 2. The van der Waals surface area contributed by atoms with E-state index in [-0.39, 0.29) is 17.3 Å². The van der Waals surface area contributed by atoms with E-state index in [1.165, 1.54) is 18.2 Å². The number of nitrogens with zero attached hydrogens (tertiary/aromatic N) is 1. The zero-order valence-electron chi connectivity index (χ0n) is 14.2. The summed E-state index contributed by atoms with van der Waals surface area (Å²) in [6.45, 7) is 5.80. The molecule has 2 rings (SSSR count). The van der Waals surface area contributed by atoms with Gasteiger partial charge in [0.25, 0.3) is 5.69 Å². The topological polar surface area (TPSA) is 101 Å². The molecule has 0 unspecified atom stereocenters. The van der Waals surface area contributed by atoms with Gasteiger partial charge in [0.1, 0.15) is 5.69 Å². The maximum Gasteiger partial charge on any atom is 0.314 e. The number of anilines is 2. The summed E-state index contributed by atoms with van der Waals surface area (Å²) in [4.78, 5) is 34.7. The zero-order chi connectivity index (χ0) is 18.6. The number of hydrogen-bond donors (Lipinski definition) is 2. The molecule has 2 N–H and O–H groups in total. The minimum absolute atomic E-state index is 0.0264. The van der Waals surface area contributed by atoms with Crippen LogP contribution in [0.25, 0.3) is 0 Å². The number of aryl methyl sites for hydroxylation is 1. The van der Waals surface area contributed by atoms with Gasteiger partial charge in [-0.2, -0.15) is 0 Å². The lowest BCUT2D eigenvalue weighted by atomic mass is 9.98. The molecular formula is C18H19N3O4. The van der Waals surface area contributed by atoms with Crippen molar-refractivity contribution in [1.29, 1.82) is 0 Å². The third kappa shape index (κ3) is 4.20. The summed E-state index contributed by atoms with van der Waals surface area (Å²) in [6, 6.07) is 11.2. The molecule has 0 heterocycles. The van der Waals surface area contributed by atoms with Crippen LogP contribution in [0.1, 0.15) is 30.9 Å². The first-order chi connectivity index (χ1) is 11.8. The number of rotatable bonds is 4. The van der Waals surface area contributed by atoms with E-state index in [1.807, 2.05) is 39.0 Å². The number of nitro benzene ring substituents is 1. The number of nitrogens with one attached hydrogen (secondary N) is 2. The van der Waals surface area contributed by atoms with Gasteiger partial charge in [0.2, 0.25) is 0 Å². The molecule has 7 nitrogen and oxygen atoms in total. The van der Waals surface area contributed by atoms with Gasteiger partial charge in [-0.1, -0.05) is 44.2 Å². The predicted octanol–water partition coefficient (Wildman–Crippen LogP) is 3.60. The lowest BCUT2D eigenvalue weighted by molar-refractivity contribution is -0.383. The van der Waals surface area contributed by atoms with Gasteiger partial charge in [0.15, 0.2) is 0 Å². The monoisotopic (exact) mass is 341 g/mol. The summed E-state index contributed by atoms with van der Waals surface area (Å²) in [5.41, 5.74) is 2.02. The minimum Gasteiger partial charge on any atom is -0.317 e. The zero-order valence-corrected chi connectivity index (χ0v) is 14.2. The van der Waals surface area contributed by atoms with E-state index in [4.69, 9.17) is 0 Å². The molecule has 0 aliphatic carbocycles. The number of hydrogen-bond acceptors (Lipinski definition) is 4. The maximum atomic E-state index is 12.2. The first-order valence-corrected chi connectivity index (χ1v) is 7.76. The SMILES string of the molecule is Cc1cccc(C(C)C)c1NC(=O)C(=O)Nc1ccccc1[N+](=O)[O-]. The fourth-order valence-electron chi connectivity index (χ4n) is 2.43. The molecule has 130 valence electrons. The van der Waals surface area contributed by atoms with Gasteiger partial charge in [-0.15, -0.1) is 0 Å². The third-order valence-corrected chi connectivity index (χ3v) is 3.72. The van der Waals surface area contributed by atoms with Crippen LogP contribution in [0.15, 0.2) is 42.5 Å². The van der Waals surface area contributed by atoms with E-state index < -0.39 is 16.7 Å². The molecule has 0 bridgehead atoms. The van der Waals surface area contributed by atoms with Crippen LogP contribution in [-0.4, -0.2) is 16.7 Å². The maximum absolute atomic E-state index is 12.2. The second-order valence-electron chi connectivity index (χ2n) is 5.88. The van der Waals surface area contributed by atoms with Crippen molar-refractivity contribution < 1.29 is 14.5 Å². The average molecular weight is 341 g/mol. The first-order valence-electron chi connectivity index (χ1n) is 7.76. The molecule has 0 aliphatic heterocycles. The van der Waals surface area contributed by atoms with Crippen molar-refractivity contribution in [3.05, 3.63) is 63.7 Å². The molecule has 25 heavy (non-hydrogen) atoms. The van der Waals surface area contributed by atoms with Crippen LogP contribution in [0.2, 0.25) is 0 Å². The third-order valence-electron chi connectivity index (χ3n) is 3.72. The van der Waals surface area contributed by atoms with Crippen LogP contribution in [0.4, 0.5) is 17.1 Å². The Morgan fingerprint density at radius 1 is 1.00 bits per heavy atom. The van der Waals surface area contributed by atoms with Gasteiger partial charge in [0, 0.05) is 11.8 Å². The molecule has 0 radical (unpaired) electrons. The van der Waals surface area contributed by atoms with Gasteiger partial charge >= 0.3 is 11.8 Å². The summed E-state index contributed by atoms with van der Waals surface area (Å²) < 4.78 is 0.